The van der Waals surface area contributed by atoms with Gasteiger partial charge in [-0.05, 0) is 38.0 Å². The van der Waals surface area contributed by atoms with Gasteiger partial charge < -0.3 is 4.84 Å². The summed E-state index contributed by atoms with van der Waals surface area (Å²) in [6, 6.07) is 22.2. The van der Waals surface area contributed by atoms with E-state index in [2.05, 4.69) is 38.1 Å². The molecule has 140 valence electrons. The van der Waals surface area contributed by atoms with Gasteiger partial charge in [0, 0.05) is 21.6 Å². The normalized spacial score (nSPS) is 25.0. The molecule has 28 heavy (non-hydrogen) atoms. The van der Waals surface area contributed by atoms with Gasteiger partial charge in [0.05, 0.1) is 10.8 Å². The van der Waals surface area contributed by atoms with Crippen molar-refractivity contribution in [3.05, 3.63) is 100 Å². The first-order valence-corrected chi connectivity index (χ1v) is 10.6. The standard InChI is InChI=1S/C24H21NO2S/c1-15-13-16(2)21(17(3)14-15)22-23-24(27-25-22,18-9-5-4-6-10-18)19-11-7-8-12-20(19)28(23)26/h4-14,23H,1-3H3/t23-,24-,28?/m0/s1. The number of nitrogens with zero attached hydrogens (tertiary/aromatic N) is 1. The van der Waals surface area contributed by atoms with Gasteiger partial charge in [-0.2, -0.15) is 0 Å². The summed E-state index contributed by atoms with van der Waals surface area (Å²) in [5.74, 6) is 0. The molecule has 0 amide bonds. The van der Waals surface area contributed by atoms with Crippen LogP contribution in [-0.2, 0) is 21.2 Å². The first-order valence-electron chi connectivity index (χ1n) is 9.44. The zero-order valence-corrected chi connectivity index (χ0v) is 16.9. The van der Waals surface area contributed by atoms with Crippen LogP contribution in [0.1, 0.15) is 33.4 Å². The zero-order chi connectivity index (χ0) is 19.5. The second kappa shape index (κ2) is 6.14. The molecule has 0 aliphatic carbocycles. The van der Waals surface area contributed by atoms with E-state index in [0.29, 0.717) is 0 Å². The molecule has 0 spiro atoms. The lowest BCUT2D eigenvalue weighted by molar-refractivity contribution is 0.0150. The third kappa shape index (κ3) is 2.21. The lowest BCUT2D eigenvalue weighted by Gasteiger charge is -2.28. The molecule has 0 N–H and O–H groups in total. The van der Waals surface area contributed by atoms with Gasteiger partial charge in [-0.1, -0.05) is 71.4 Å². The maximum absolute atomic E-state index is 13.7. The maximum Gasteiger partial charge on any atom is 0.209 e. The minimum atomic E-state index is -1.25. The van der Waals surface area contributed by atoms with E-state index in [4.69, 9.17) is 4.84 Å². The number of benzene rings is 3. The van der Waals surface area contributed by atoms with Crippen LogP contribution in [-0.4, -0.2) is 15.2 Å². The smallest absolute Gasteiger partial charge is 0.209 e. The van der Waals surface area contributed by atoms with Crippen LogP contribution >= 0.6 is 0 Å². The fourth-order valence-corrected chi connectivity index (χ4v) is 6.61. The molecular formula is C24H21NO2S. The summed E-state index contributed by atoms with van der Waals surface area (Å²) in [6.45, 7) is 6.27. The molecule has 0 radical (unpaired) electrons. The van der Waals surface area contributed by atoms with Crippen molar-refractivity contribution < 1.29 is 9.05 Å². The number of oxime groups is 1. The van der Waals surface area contributed by atoms with Crippen LogP contribution in [0.5, 0.6) is 0 Å². The van der Waals surface area contributed by atoms with Crippen LogP contribution in [0, 0.1) is 20.8 Å². The molecule has 2 aliphatic rings. The predicted molar refractivity (Wildman–Crippen MR) is 112 cm³/mol. The Bertz CT molecular complexity index is 1130. The fourth-order valence-electron chi connectivity index (χ4n) is 4.73. The summed E-state index contributed by atoms with van der Waals surface area (Å²) in [6.07, 6.45) is 0. The van der Waals surface area contributed by atoms with E-state index in [0.717, 1.165) is 38.4 Å². The highest BCUT2D eigenvalue weighted by Gasteiger charge is 2.61. The van der Waals surface area contributed by atoms with E-state index in [1.165, 1.54) is 5.56 Å². The van der Waals surface area contributed by atoms with Crippen molar-refractivity contribution in [1.82, 2.24) is 0 Å². The highest BCUT2D eigenvalue weighted by Crippen LogP contribution is 2.53. The van der Waals surface area contributed by atoms with E-state index >= 15 is 0 Å². The van der Waals surface area contributed by atoms with E-state index in [1.54, 1.807) is 0 Å². The molecular weight excluding hydrogens is 366 g/mol. The lowest BCUT2D eigenvalue weighted by Crippen LogP contribution is -2.40. The number of fused-ring (bicyclic) bond motifs is 3. The third-order valence-electron chi connectivity index (χ3n) is 5.76. The Morgan fingerprint density at radius 3 is 2.29 bits per heavy atom. The van der Waals surface area contributed by atoms with Crippen LogP contribution in [0.15, 0.2) is 76.8 Å². The molecule has 1 unspecified atom stereocenters. The summed E-state index contributed by atoms with van der Waals surface area (Å²) in [5, 5.41) is 4.20. The number of rotatable bonds is 2. The largest absolute Gasteiger partial charge is 0.377 e. The van der Waals surface area contributed by atoms with Gasteiger partial charge >= 0.3 is 0 Å². The Balaban J connectivity index is 1.77. The summed E-state index contributed by atoms with van der Waals surface area (Å²) in [7, 11) is -1.25. The minimum absolute atomic E-state index is 0.368. The first kappa shape index (κ1) is 17.4. The molecule has 3 aromatic rings. The second-order valence-electron chi connectivity index (χ2n) is 7.62. The van der Waals surface area contributed by atoms with Crippen LogP contribution in [0.4, 0.5) is 0 Å². The first-order chi connectivity index (χ1) is 13.5. The Morgan fingerprint density at radius 1 is 0.929 bits per heavy atom. The Kier molecular flexibility index (Phi) is 3.81. The van der Waals surface area contributed by atoms with E-state index in [-0.39, 0.29) is 5.25 Å². The van der Waals surface area contributed by atoms with Gasteiger partial charge in [-0.15, -0.1) is 0 Å². The minimum Gasteiger partial charge on any atom is -0.377 e. The molecule has 4 heteroatoms. The van der Waals surface area contributed by atoms with E-state index < -0.39 is 16.4 Å². The molecule has 3 aromatic carbocycles. The maximum atomic E-state index is 13.7. The van der Waals surface area contributed by atoms with Crippen molar-refractivity contribution in [2.75, 3.05) is 0 Å². The summed E-state index contributed by atoms with van der Waals surface area (Å²) in [5.41, 5.74) is 6.41. The van der Waals surface area contributed by atoms with Crippen LogP contribution in [0.2, 0.25) is 0 Å². The molecule has 0 saturated heterocycles. The Labute approximate surface area is 167 Å². The highest BCUT2D eigenvalue weighted by atomic mass is 32.2. The zero-order valence-electron chi connectivity index (χ0n) is 16.1. The molecule has 0 bridgehead atoms. The molecule has 3 nitrogen and oxygen atoms in total. The van der Waals surface area contributed by atoms with Crippen molar-refractivity contribution in [3.63, 3.8) is 0 Å². The van der Waals surface area contributed by atoms with Gasteiger partial charge in [-0.25, -0.2) is 0 Å². The van der Waals surface area contributed by atoms with Crippen molar-refractivity contribution in [2.24, 2.45) is 5.16 Å². The molecule has 0 fully saturated rings. The van der Waals surface area contributed by atoms with Gasteiger partial charge in [0.1, 0.15) is 11.0 Å². The molecule has 2 heterocycles. The van der Waals surface area contributed by atoms with Crippen molar-refractivity contribution >= 4 is 16.5 Å². The number of aryl methyl sites for hydroxylation is 3. The molecule has 0 aromatic heterocycles. The quantitative estimate of drug-likeness (QED) is 0.635. The number of hydrogen-bond acceptors (Lipinski definition) is 3. The summed E-state index contributed by atoms with van der Waals surface area (Å²) < 4.78 is 13.7. The van der Waals surface area contributed by atoms with E-state index in [9.17, 15) is 4.21 Å². The van der Waals surface area contributed by atoms with Gasteiger partial charge in [0.2, 0.25) is 5.60 Å². The van der Waals surface area contributed by atoms with Crippen LogP contribution < -0.4 is 0 Å². The van der Waals surface area contributed by atoms with Crippen LogP contribution in [0.3, 0.4) is 0 Å². The summed E-state index contributed by atoms with van der Waals surface area (Å²) in [4.78, 5) is 7.09. The van der Waals surface area contributed by atoms with Crippen LogP contribution in [0.25, 0.3) is 0 Å². The van der Waals surface area contributed by atoms with Crippen molar-refractivity contribution in [2.45, 2.75) is 36.5 Å². The molecule has 2 aliphatic heterocycles. The second-order valence-corrected chi connectivity index (χ2v) is 9.12. The SMILES string of the molecule is Cc1cc(C)c(C2=NO[C@@]3(c4ccccc4)c4ccccc4S(=O)[C@@H]23)c(C)c1. The van der Waals surface area contributed by atoms with Crippen molar-refractivity contribution in [1.29, 1.82) is 0 Å². The summed E-state index contributed by atoms with van der Waals surface area (Å²) >= 11 is 0. The molecule has 0 saturated carbocycles. The van der Waals surface area contributed by atoms with Gasteiger partial charge in [0.25, 0.3) is 0 Å². The topological polar surface area (TPSA) is 38.7 Å². The van der Waals surface area contributed by atoms with Gasteiger partial charge in [0.15, 0.2) is 0 Å². The van der Waals surface area contributed by atoms with Gasteiger partial charge in [-0.3, -0.25) is 4.21 Å². The average molecular weight is 388 g/mol. The lowest BCUT2D eigenvalue weighted by atomic mass is 9.80. The Hall–Kier alpha value is -2.72. The average Bonchev–Trinajstić information content (AvgIpc) is 3.19. The molecule has 5 rings (SSSR count). The molecule has 3 atom stereocenters. The highest BCUT2D eigenvalue weighted by molar-refractivity contribution is 7.87. The number of hydrogen-bond donors (Lipinski definition) is 0. The Morgan fingerprint density at radius 2 is 1.57 bits per heavy atom. The fraction of sp³-hybridized carbons (Fsp3) is 0.208. The monoisotopic (exact) mass is 387 g/mol. The van der Waals surface area contributed by atoms with Crippen molar-refractivity contribution in [3.8, 4) is 0 Å². The van der Waals surface area contributed by atoms with E-state index in [1.807, 2.05) is 54.6 Å². The predicted octanol–water partition coefficient (Wildman–Crippen LogP) is 4.78. The third-order valence-corrected chi connectivity index (χ3v) is 7.53.